The maximum absolute atomic E-state index is 13.1. The molecule has 0 unspecified atom stereocenters. The molecule has 0 aromatic heterocycles. The van der Waals surface area contributed by atoms with Gasteiger partial charge < -0.3 is 36.1 Å². The highest BCUT2D eigenvalue weighted by molar-refractivity contribution is 7.85. The molecule has 14 nitrogen and oxygen atoms in total. The number of halogens is 3. The molecule has 1 fully saturated rings. The van der Waals surface area contributed by atoms with Gasteiger partial charge in [-0.3, -0.25) is 18.9 Å². The number of nitrogens with one attached hydrogen (secondary N) is 1. The molecule has 0 aromatic rings. The zero-order valence-electron chi connectivity index (χ0n) is 20.3. The average molecular weight is 598 g/mol. The van der Waals surface area contributed by atoms with Crippen molar-refractivity contribution in [2.24, 2.45) is 11.8 Å². The summed E-state index contributed by atoms with van der Waals surface area (Å²) in [6.07, 6.45) is -4.90. The van der Waals surface area contributed by atoms with Gasteiger partial charge >= 0.3 is 18.1 Å². The fourth-order valence-corrected chi connectivity index (χ4v) is 4.20. The largest absolute Gasteiger partial charge is 0.542 e. The number of carbonyl (C=O) groups is 5. The lowest BCUT2D eigenvalue weighted by Gasteiger charge is -2.31. The standard InChI is InChI=1S/C17H29N3O9S2.C2HF3O2/c1-3-8(2)11(19-14(21)13(30)10(18)5-7-31(27,28)29)15(22)20-6-4-9(16(23)24)12(20)17(25)26;3-2(4,5)1(6)7/h8-13,30H,3-7,18H2,1-2H3,(H,19,21)(H,23,24)(H,25,26)(H,27,28,29);(H,6,7)/t8-,9+,10+,11-,12-,13+;/m0./s1. The quantitative estimate of drug-likeness (QED) is 0.106. The summed E-state index contributed by atoms with van der Waals surface area (Å²) in [7, 11) is -4.24. The number of aliphatic carboxylic acids is 3. The molecule has 1 rings (SSSR count). The number of thiol groups is 1. The van der Waals surface area contributed by atoms with Gasteiger partial charge in [0.25, 0.3) is 10.1 Å². The molecule has 19 heteroatoms. The second-order valence-corrected chi connectivity index (χ2v) is 10.6. The first-order chi connectivity index (χ1) is 17.1. The Balaban J connectivity index is 0.00000171. The molecular weight excluding hydrogens is 567 g/mol. The number of likely N-dealkylation sites (tertiary alicyclic amines) is 1. The summed E-state index contributed by atoms with van der Waals surface area (Å²) in [5.74, 6) is -9.45. The smallest absolute Gasteiger partial charge is 0.430 e. The predicted octanol–water partition coefficient (Wildman–Crippen LogP) is -2.61. The van der Waals surface area contributed by atoms with Crippen LogP contribution in [0.25, 0.3) is 0 Å². The van der Waals surface area contributed by atoms with Gasteiger partial charge in [-0.05, 0) is 12.3 Å². The summed E-state index contributed by atoms with van der Waals surface area (Å²) in [6.45, 7) is 3.37. The van der Waals surface area contributed by atoms with Gasteiger partial charge in [0.1, 0.15) is 29.3 Å². The first-order valence-electron chi connectivity index (χ1n) is 11.0. The highest BCUT2D eigenvalue weighted by Gasteiger charge is 2.48. The van der Waals surface area contributed by atoms with Crippen molar-refractivity contribution in [2.75, 3.05) is 12.3 Å². The van der Waals surface area contributed by atoms with Crippen LogP contribution < -0.4 is 16.2 Å². The number of alkyl halides is 3. The Hall–Kier alpha value is -2.64. The van der Waals surface area contributed by atoms with Crippen molar-refractivity contribution in [3.8, 4) is 0 Å². The Morgan fingerprint density at radius 2 is 1.68 bits per heavy atom. The SMILES string of the molecule is CC[C@H](C)[C@H](NC(=O)[C@H](S)[C@H]([NH3+])CCS(=O)(=O)O)C(=O)N1CC[C@@H](C(=O)O)[C@H]1C(=O)O.O=C([O-])C(F)(F)F. The van der Waals surface area contributed by atoms with Crippen LogP contribution in [0.5, 0.6) is 0 Å². The Morgan fingerprint density at radius 3 is 2.05 bits per heavy atom. The molecule has 0 radical (unpaired) electrons. The van der Waals surface area contributed by atoms with Crippen LogP contribution in [0.3, 0.4) is 0 Å². The lowest BCUT2D eigenvalue weighted by Crippen LogP contribution is -2.69. The number of carboxylic acids is 3. The van der Waals surface area contributed by atoms with E-state index in [-0.39, 0.29) is 19.4 Å². The monoisotopic (exact) mass is 597 g/mol. The van der Waals surface area contributed by atoms with Gasteiger partial charge in [0, 0.05) is 13.0 Å². The van der Waals surface area contributed by atoms with Crippen molar-refractivity contribution in [3.63, 3.8) is 0 Å². The zero-order chi connectivity index (χ0) is 30.2. The fourth-order valence-electron chi connectivity index (χ4n) is 3.38. The van der Waals surface area contributed by atoms with Gasteiger partial charge in [0.15, 0.2) is 0 Å². The lowest BCUT2D eigenvalue weighted by atomic mass is 9.96. The number of carboxylic acid groups (broad SMARTS) is 3. The maximum atomic E-state index is 13.1. The van der Waals surface area contributed by atoms with E-state index in [2.05, 4.69) is 23.7 Å². The average Bonchev–Trinajstić information content (AvgIpc) is 3.24. The summed E-state index contributed by atoms with van der Waals surface area (Å²) in [4.78, 5) is 58.5. The molecule has 0 aromatic carbocycles. The number of rotatable bonds is 11. The van der Waals surface area contributed by atoms with Crippen LogP contribution in [-0.2, 0) is 34.1 Å². The molecule has 0 bridgehead atoms. The molecule has 6 atom stereocenters. The zero-order valence-corrected chi connectivity index (χ0v) is 22.0. The fraction of sp³-hybridized carbons (Fsp3) is 0.737. The van der Waals surface area contributed by atoms with Crippen LogP contribution in [0.1, 0.15) is 33.1 Å². The van der Waals surface area contributed by atoms with Gasteiger partial charge in [0.2, 0.25) is 11.8 Å². The highest BCUT2D eigenvalue weighted by atomic mass is 32.2. The van der Waals surface area contributed by atoms with E-state index in [1.165, 1.54) is 0 Å². The van der Waals surface area contributed by atoms with Gasteiger partial charge in [0.05, 0.1) is 11.7 Å². The minimum absolute atomic E-state index is 0.0228. The normalized spacial score (nSPS) is 20.8. The van der Waals surface area contributed by atoms with Crippen molar-refractivity contribution < 1.29 is 71.2 Å². The van der Waals surface area contributed by atoms with Gasteiger partial charge in [-0.2, -0.15) is 34.2 Å². The summed E-state index contributed by atoms with van der Waals surface area (Å²) in [5.41, 5.74) is 3.67. The van der Waals surface area contributed by atoms with Crippen LogP contribution in [0, 0.1) is 11.8 Å². The molecule has 38 heavy (non-hydrogen) atoms. The predicted molar refractivity (Wildman–Crippen MR) is 122 cm³/mol. The molecular formula is C19H30F3N3O11S2. The summed E-state index contributed by atoms with van der Waals surface area (Å²) in [5, 5.41) is 28.9. The van der Waals surface area contributed by atoms with Crippen molar-refractivity contribution in [2.45, 2.75) is 62.7 Å². The van der Waals surface area contributed by atoms with E-state index in [9.17, 15) is 51.0 Å². The van der Waals surface area contributed by atoms with Gasteiger partial charge in [-0.25, -0.2) is 4.79 Å². The van der Waals surface area contributed by atoms with Crippen LogP contribution in [0.4, 0.5) is 13.2 Å². The second-order valence-electron chi connectivity index (χ2n) is 8.48. The molecule has 1 saturated heterocycles. The van der Waals surface area contributed by atoms with E-state index in [1.807, 2.05) is 0 Å². The van der Waals surface area contributed by atoms with Gasteiger partial charge in [-0.1, -0.05) is 20.3 Å². The number of amides is 2. The molecule has 1 aliphatic heterocycles. The lowest BCUT2D eigenvalue weighted by molar-refractivity contribution is -0.416. The van der Waals surface area contributed by atoms with Crippen molar-refractivity contribution >= 4 is 52.5 Å². The summed E-state index contributed by atoms with van der Waals surface area (Å²) >= 11 is 4.14. The van der Waals surface area contributed by atoms with Crippen LogP contribution in [0.2, 0.25) is 0 Å². The maximum Gasteiger partial charge on any atom is 0.430 e. The molecule has 7 N–H and O–H groups in total. The minimum Gasteiger partial charge on any atom is -0.542 e. The molecule has 1 heterocycles. The summed E-state index contributed by atoms with van der Waals surface area (Å²) in [6, 6.07) is -3.47. The number of nitrogens with zero attached hydrogens (tertiary/aromatic N) is 1. The van der Waals surface area contributed by atoms with Crippen LogP contribution >= 0.6 is 12.6 Å². The number of carbonyl (C=O) groups excluding carboxylic acids is 3. The second kappa shape index (κ2) is 14.5. The highest BCUT2D eigenvalue weighted by Crippen LogP contribution is 2.27. The number of quaternary nitrogens is 1. The van der Waals surface area contributed by atoms with Crippen molar-refractivity contribution in [1.82, 2.24) is 10.2 Å². The number of hydrogen-bond donors (Lipinski definition) is 6. The summed E-state index contributed by atoms with van der Waals surface area (Å²) < 4.78 is 62.2. The molecule has 0 spiro atoms. The Labute approximate surface area is 220 Å². The third kappa shape index (κ3) is 11.0. The van der Waals surface area contributed by atoms with Gasteiger partial charge in [-0.15, -0.1) is 0 Å². The first kappa shape index (κ1) is 35.4. The molecule has 0 saturated carbocycles. The van der Waals surface area contributed by atoms with E-state index < -0.39 is 87.0 Å². The molecule has 1 aliphatic rings. The van der Waals surface area contributed by atoms with Crippen molar-refractivity contribution in [1.29, 1.82) is 0 Å². The Morgan fingerprint density at radius 1 is 1.18 bits per heavy atom. The topological polar surface area (TPSA) is 246 Å². The van der Waals surface area contributed by atoms with E-state index >= 15 is 0 Å². The Bertz CT molecular complexity index is 994. The minimum atomic E-state index is -5.19. The van der Waals surface area contributed by atoms with E-state index in [0.29, 0.717) is 6.42 Å². The van der Waals surface area contributed by atoms with Crippen molar-refractivity contribution in [3.05, 3.63) is 0 Å². The van der Waals surface area contributed by atoms with Crippen LogP contribution in [0.15, 0.2) is 0 Å². The Kier molecular flexibility index (Phi) is 13.5. The van der Waals surface area contributed by atoms with E-state index in [4.69, 9.17) is 14.5 Å². The molecule has 2 amide bonds. The van der Waals surface area contributed by atoms with Crippen LogP contribution in [-0.4, -0.2) is 99.7 Å². The number of hydrogen-bond acceptors (Lipinski definition) is 9. The third-order valence-corrected chi connectivity index (χ3v) is 7.13. The third-order valence-electron chi connectivity index (χ3n) is 5.72. The van der Waals surface area contributed by atoms with E-state index in [0.717, 1.165) is 4.90 Å². The molecule has 0 aliphatic carbocycles. The van der Waals surface area contributed by atoms with E-state index in [1.54, 1.807) is 13.8 Å². The first-order valence-corrected chi connectivity index (χ1v) is 13.1. The molecule has 220 valence electrons.